The Morgan fingerprint density at radius 2 is 1.69 bits per heavy atom. The summed E-state index contributed by atoms with van der Waals surface area (Å²) in [6, 6.07) is 3.42. The first kappa shape index (κ1) is 23.0. The van der Waals surface area contributed by atoms with Crippen molar-refractivity contribution >= 4 is 28.5 Å². The molecule has 4 nitrogen and oxygen atoms in total. The molecule has 1 aromatic rings. The smallest absolute Gasteiger partial charge is 0.315 e. The van der Waals surface area contributed by atoms with Gasteiger partial charge in [0.25, 0.3) is 0 Å². The van der Waals surface area contributed by atoms with Gasteiger partial charge in [-0.2, -0.15) is 0 Å². The Hall–Kier alpha value is -1.01. The second-order valence-electron chi connectivity index (χ2n) is 8.24. The van der Waals surface area contributed by atoms with Gasteiger partial charge in [0.05, 0.1) is 23.2 Å². The fraction of sp³-hybridized carbons (Fsp3) is 0.650. The van der Waals surface area contributed by atoms with E-state index < -0.39 is 10.8 Å². The van der Waals surface area contributed by atoms with E-state index in [1.165, 1.54) is 11.8 Å². The second kappa shape index (κ2) is 9.27. The summed E-state index contributed by atoms with van der Waals surface area (Å²) in [5, 5.41) is 10.5. The molecule has 0 saturated carbocycles. The molecule has 26 heavy (non-hydrogen) atoms. The highest BCUT2D eigenvalue weighted by Crippen LogP contribution is 2.42. The molecule has 6 heteroatoms. The van der Waals surface area contributed by atoms with Crippen molar-refractivity contribution in [1.29, 1.82) is 0 Å². The average molecular weight is 401 g/mol. The number of phenolic OH excluding ortho intramolecular Hbond substituents is 1. The quantitative estimate of drug-likeness (QED) is 0.543. The number of benzene rings is 1. The molecule has 148 valence electrons. The van der Waals surface area contributed by atoms with E-state index in [0.717, 1.165) is 16.0 Å². The van der Waals surface area contributed by atoms with Gasteiger partial charge in [0.1, 0.15) is 5.75 Å². The molecule has 1 N–H and O–H groups in total. The third kappa shape index (κ3) is 6.31. The maximum absolute atomic E-state index is 13.0. The third-order valence-electron chi connectivity index (χ3n) is 3.83. The lowest BCUT2D eigenvalue weighted by atomic mass is 9.75. The zero-order valence-electron chi connectivity index (χ0n) is 17.0. The van der Waals surface area contributed by atoms with E-state index in [0.29, 0.717) is 18.1 Å². The van der Waals surface area contributed by atoms with E-state index in [9.17, 15) is 14.1 Å². The molecule has 0 aliphatic carbocycles. The molecule has 0 amide bonds. The van der Waals surface area contributed by atoms with Crippen molar-refractivity contribution in [3.8, 4) is 5.75 Å². The molecule has 0 heterocycles. The van der Waals surface area contributed by atoms with E-state index in [2.05, 4.69) is 41.5 Å². The largest absolute Gasteiger partial charge is 0.508 e. The molecule has 0 spiro atoms. The van der Waals surface area contributed by atoms with Gasteiger partial charge in [0.2, 0.25) is 0 Å². The predicted octanol–water partition coefficient (Wildman–Crippen LogP) is 4.39. The minimum atomic E-state index is -1.20. The van der Waals surface area contributed by atoms with Crippen LogP contribution in [0.5, 0.6) is 5.75 Å². The molecule has 0 aliphatic rings. The molecule has 1 atom stereocenters. The molecule has 0 aliphatic heterocycles. The molecule has 0 radical (unpaired) electrons. The van der Waals surface area contributed by atoms with Crippen molar-refractivity contribution in [2.45, 2.75) is 64.2 Å². The number of rotatable bonds is 7. The summed E-state index contributed by atoms with van der Waals surface area (Å²) in [5.41, 5.74) is 1.31. The zero-order chi connectivity index (χ0) is 20.1. The maximum atomic E-state index is 13.0. The minimum Gasteiger partial charge on any atom is -0.508 e. The topological polar surface area (TPSA) is 63.6 Å². The van der Waals surface area contributed by atoms with Crippen LogP contribution in [-0.2, 0) is 31.2 Å². The monoisotopic (exact) mass is 400 g/mol. The molecule has 0 saturated heterocycles. The van der Waals surface area contributed by atoms with E-state index in [-0.39, 0.29) is 28.3 Å². The van der Waals surface area contributed by atoms with Crippen molar-refractivity contribution in [2.24, 2.45) is 0 Å². The summed E-state index contributed by atoms with van der Waals surface area (Å²) in [7, 11) is -1.20. The average Bonchev–Trinajstić information content (AvgIpc) is 2.49. The number of aromatic hydroxyl groups is 1. The van der Waals surface area contributed by atoms with E-state index in [4.69, 9.17) is 4.74 Å². The number of phenols is 1. The van der Waals surface area contributed by atoms with Crippen LogP contribution in [0.25, 0.3) is 0 Å². The van der Waals surface area contributed by atoms with Crippen LogP contribution in [0.2, 0.25) is 0 Å². The number of carbonyl (C=O) groups excluding carboxylic acids is 1. The Morgan fingerprint density at radius 3 is 2.19 bits per heavy atom. The van der Waals surface area contributed by atoms with Gasteiger partial charge in [-0.25, -0.2) is 0 Å². The third-order valence-corrected chi connectivity index (χ3v) is 6.43. The summed E-state index contributed by atoms with van der Waals surface area (Å²) >= 11 is 1.43. The fourth-order valence-electron chi connectivity index (χ4n) is 2.87. The first-order valence-corrected chi connectivity index (χ1v) is 11.4. The van der Waals surface area contributed by atoms with E-state index in [1.54, 1.807) is 19.1 Å². The van der Waals surface area contributed by atoms with Crippen molar-refractivity contribution in [3.05, 3.63) is 23.3 Å². The van der Waals surface area contributed by atoms with Gasteiger partial charge in [-0.05, 0) is 35.4 Å². The standard InChI is InChI=1S/C20H32O4S2/c1-8-24-16(22)13-25-11-12-26(23)15-10-9-14(21)17(19(2,3)4)18(15)20(5,6)7/h9-10,21H,8,11-13H2,1-7H3. The molecular weight excluding hydrogens is 368 g/mol. The van der Waals surface area contributed by atoms with Crippen LogP contribution in [0.15, 0.2) is 17.0 Å². The predicted molar refractivity (Wildman–Crippen MR) is 111 cm³/mol. The van der Waals surface area contributed by atoms with Crippen LogP contribution in [0.4, 0.5) is 0 Å². The number of thioether (sulfide) groups is 1. The van der Waals surface area contributed by atoms with Crippen LogP contribution >= 0.6 is 11.8 Å². The lowest BCUT2D eigenvalue weighted by Crippen LogP contribution is -2.25. The van der Waals surface area contributed by atoms with Crippen molar-refractivity contribution < 1.29 is 18.8 Å². The van der Waals surface area contributed by atoms with Gasteiger partial charge in [0, 0.05) is 22.0 Å². The number of hydrogen-bond acceptors (Lipinski definition) is 5. The number of ether oxygens (including phenoxy) is 1. The van der Waals surface area contributed by atoms with Gasteiger partial charge in [-0.3, -0.25) is 9.00 Å². The molecule has 1 unspecified atom stereocenters. The summed E-state index contributed by atoms with van der Waals surface area (Å²) in [6.07, 6.45) is 0. The maximum Gasteiger partial charge on any atom is 0.315 e. The number of esters is 1. The molecule has 0 aromatic heterocycles. The molecule has 0 bridgehead atoms. The summed E-state index contributed by atoms with van der Waals surface area (Å²) in [5.74, 6) is 1.36. The van der Waals surface area contributed by atoms with Gasteiger partial charge in [-0.15, -0.1) is 11.8 Å². The Morgan fingerprint density at radius 1 is 1.12 bits per heavy atom. The van der Waals surface area contributed by atoms with Crippen LogP contribution in [0.1, 0.15) is 59.6 Å². The molecule has 0 fully saturated rings. The van der Waals surface area contributed by atoms with Crippen LogP contribution in [-0.4, -0.2) is 39.2 Å². The molecule has 1 aromatic carbocycles. The Kier molecular flexibility index (Phi) is 8.21. The van der Waals surface area contributed by atoms with Gasteiger partial charge in [-0.1, -0.05) is 41.5 Å². The lowest BCUT2D eigenvalue weighted by Gasteiger charge is -2.32. The second-order valence-corrected chi connectivity index (χ2v) is 10.9. The minimum absolute atomic E-state index is 0.238. The number of hydrogen-bond donors (Lipinski definition) is 1. The highest BCUT2D eigenvalue weighted by Gasteiger charge is 2.32. The first-order chi connectivity index (χ1) is 11.9. The van der Waals surface area contributed by atoms with E-state index >= 15 is 0 Å². The molecule has 1 rings (SSSR count). The first-order valence-electron chi connectivity index (χ1n) is 8.88. The SMILES string of the molecule is CCOC(=O)CSCCS(=O)c1ccc(O)c(C(C)(C)C)c1C(C)(C)C. The zero-order valence-corrected chi connectivity index (χ0v) is 18.6. The highest BCUT2D eigenvalue weighted by molar-refractivity contribution is 8.00. The van der Waals surface area contributed by atoms with Gasteiger partial charge >= 0.3 is 5.97 Å². The normalized spacial score (nSPS) is 13.5. The molecular formula is C20H32O4S2. The van der Waals surface area contributed by atoms with Crippen molar-refractivity contribution in [1.82, 2.24) is 0 Å². The van der Waals surface area contributed by atoms with Crippen LogP contribution < -0.4 is 0 Å². The Balaban J connectivity index is 3.05. The van der Waals surface area contributed by atoms with Gasteiger partial charge in [0.15, 0.2) is 0 Å². The summed E-state index contributed by atoms with van der Waals surface area (Å²) < 4.78 is 17.9. The van der Waals surface area contributed by atoms with Crippen molar-refractivity contribution in [2.75, 3.05) is 23.9 Å². The fourth-order valence-corrected chi connectivity index (χ4v) is 5.42. The van der Waals surface area contributed by atoms with Gasteiger partial charge < -0.3 is 9.84 Å². The summed E-state index contributed by atoms with van der Waals surface area (Å²) in [6.45, 7) is 14.6. The Labute approximate surface area is 164 Å². The van der Waals surface area contributed by atoms with Crippen molar-refractivity contribution in [3.63, 3.8) is 0 Å². The highest BCUT2D eigenvalue weighted by atomic mass is 32.2. The van der Waals surface area contributed by atoms with Crippen LogP contribution in [0, 0.1) is 0 Å². The summed E-state index contributed by atoms with van der Waals surface area (Å²) in [4.78, 5) is 12.2. The van der Waals surface area contributed by atoms with E-state index in [1.807, 2.05) is 0 Å². The Bertz CT molecular complexity index is 655. The van der Waals surface area contributed by atoms with Crippen LogP contribution in [0.3, 0.4) is 0 Å². The number of carbonyl (C=O) groups is 1. The lowest BCUT2D eigenvalue weighted by molar-refractivity contribution is -0.139.